The maximum atomic E-state index is 13.2. The molecule has 0 aliphatic carbocycles. The maximum absolute atomic E-state index is 13.2. The number of hydrogen-bond acceptors (Lipinski definition) is 5. The molecule has 2 aliphatic heterocycles. The lowest BCUT2D eigenvalue weighted by Crippen LogP contribution is -2.33. The molecule has 6 heteroatoms. The van der Waals surface area contributed by atoms with Crippen LogP contribution in [0.15, 0.2) is 84.9 Å². The summed E-state index contributed by atoms with van der Waals surface area (Å²) in [6, 6.07) is 27.2. The van der Waals surface area contributed by atoms with Crippen LogP contribution >= 0.6 is 11.6 Å². The second-order valence-corrected chi connectivity index (χ2v) is 9.30. The number of ether oxygens (including phenoxy) is 2. The molecule has 4 aromatic carbocycles. The number of benzene rings is 4. The summed E-state index contributed by atoms with van der Waals surface area (Å²) in [4.78, 5) is 15.4. The topological polar surface area (TPSA) is 50.8 Å². The van der Waals surface area contributed by atoms with E-state index in [-0.39, 0.29) is 5.97 Å². The first kappa shape index (κ1) is 22.5. The van der Waals surface area contributed by atoms with Crippen LogP contribution in [-0.2, 0) is 10.3 Å². The standard InChI is InChI=1S/C30H25ClN2O3/c1-3-33(4-2)20-14-15-23-27(16-20)35-28-18-25(31)26(32-19-10-6-5-7-11-19)17-24(28)30(23)22-13-9-8-12-21(22)29(34)36-30/h5-18,32H,3-4H2,1-2H3. The van der Waals surface area contributed by atoms with Crippen molar-refractivity contribution in [1.82, 2.24) is 0 Å². The predicted molar refractivity (Wildman–Crippen MR) is 143 cm³/mol. The molecule has 0 saturated carbocycles. The Labute approximate surface area is 215 Å². The summed E-state index contributed by atoms with van der Waals surface area (Å²) < 4.78 is 12.8. The van der Waals surface area contributed by atoms with E-state index in [9.17, 15) is 4.79 Å². The summed E-state index contributed by atoms with van der Waals surface area (Å²) in [5.41, 5.74) is 4.37. The van der Waals surface area contributed by atoms with Crippen molar-refractivity contribution in [2.75, 3.05) is 23.3 Å². The van der Waals surface area contributed by atoms with Crippen molar-refractivity contribution >= 4 is 34.6 Å². The van der Waals surface area contributed by atoms with E-state index in [1.165, 1.54) is 0 Å². The Balaban J connectivity index is 1.58. The Hall–Kier alpha value is -3.96. The summed E-state index contributed by atoms with van der Waals surface area (Å²) in [6.07, 6.45) is 0. The van der Waals surface area contributed by atoms with Crippen LogP contribution < -0.4 is 15.0 Å². The Morgan fingerprint density at radius 1 is 0.833 bits per heavy atom. The first-order chi connectivity index (χ1) is 17.5. The molecule has 0 bridgehead atoms. The molecule has 4 aromatic rings. The highest BCUT2D eigenvalue weighted by atomic mass is 35.5. The quantitative estimate of drug-likeness (QED) is 0.290. The van der Waals surface area contributed by atoms with E-state index < -0.39 is 5.60 Å². The second-order valence-electron chi connectivity index (χ2n) is 8.89. The van der Waals surface area contributed by atoms with E-state index in [0.29, 0.717) is 27.8 Å². The van der Waals surface area contributed by atoms with Crippen molar-refractivity contribution in [3.63, 3.8) is 0 Å². The molecule has 36 heavy (non-hydrogen) atoms. The van der Waals surface area contributed by atoms with Crippen molar-refractivity contribution < 1.29 is 14.3 Å². The number of anilines is 3. The van der Waals surface area contributed by atoms with Gasteiger partial charge in [0.05, 0.1) is 16.3 Å². The first-order valence-corrected chi connectivity index (χ1v) is 12.5. The molecule has 2 heterocycles. The van der Waals surface area contributed by atoms with Gasteiger partial charge in [-0.05, 0) is 50.2 Å². The fourth-order valence-electron chi connectivity index (χ4n) is 5.24. The van der Waals surface area contributed by atoms with Crippen LogP contribution in [0.4, 0.5) is 17.1 Å². The maximum Gasteiger partial charge on any atom is 0.340 e. The number of halogens is 1. The van der Waals surface area contributed by atoms with Gasteiger partial charge in [0.2, 0.25) is 0 Å². The molecule has 0 radical (unpaired) electrons. The first-order valence-electron chi connectivity index (χ1n) is 12.1. The molecule has 2 aliphatic rings. The lowest BCUT2D eigenvalue weighted by atomic mass is 9.77. The van der Waals surface area contributed by atoms with Gasteiger partial charge in [-0.1, -0.05) is 48.0 Å². The second kappa shape index (κ2) is 8.61. The number of fused-ring (bicyclic) bond motifs is 6. The Kier molecular flexibility index (Phi) is 5.38. The minimum absolute atomic E-state index is 0.357. The summed E-state index contributed by atoms with van der Waals surface area (Å²) in [6.45, 7) is 5.98. The normalized spacial score (nSPS) is 17.0. The predicted octanol–water partition coefficient (Wildman–Crippen LogP) is 7.50. The largest absolute Gasteiger partial charge is 0.456 e. The zero-order valence-corrected chi connectivity index (χ0v) is 20.8. The summed E-state index contributed by atoms with van der Waals surface area (Å²) in [5, 5.41) is 3.90. The minimum atomic E-state index is -1.14. The third-order valence-electron chi connectivity index (χ3n) is 6.97. The molecular formula is C30H25ClN2O3. The van der Waals surface area contributed by atoms with Crippen LogP contribution in [0.3, 0.4) is 0 Å². The Morgan fingerprint density at radius 3 is 2.33 bits per heavy atom. The fourth-order valence-corrected chi connectivity index (χ4v) is 5.44. The van der Waals surface area contributed by atoms with E-state index in [2.05, 4.69) is 30.1 Å². The summed E-state index contributed by atoms with van der Waals surface area (Å²) >= 11 is 6.73. The highest BCUT2D eigenvalue weighted by molar-refractivity contribution is 6.33. The smallest absolute Gasteiger partial charge is 0.340 e. The average Bonchev–Trinajstić information content (AvgIpc) is 3.19. The van der Waals surface area contributed by atoms with Crippen LogP contribution in [0.1, 0.15) is 40.9 Å². The van der Waals surface area contributed by atoms with Crippen LogP contribution in [0.5, 0.6) is 11.5 Å². The summed E-state index contributed by atoms with van der Waals surface area (Å²) in [7, 11) is 0. The van der Waals surface area contributed by atoms with E-state index in [1.54, 1.807) is 6.07 Å². The summed E-state index contributed by atoms with van der Waals surface area (Å²) in [5.74, 6) is 0.855. The van der Waals surface area contributed by atoms with Crippen molar-refractivity contribution in [2.45, 2.75) is 19.4 Å². The molecular weight excluding hydrogens is 472 g/mol. The molecule has 5 nitrogen and oxygen atoms in total. The van der Waals surface area contributed by atoms with Gasteiger partial charge in [0.15, 0.2) is 5.60 Å². The highest BCUT2D eigenvalue weighted by Crippen LogP contribution is 2.57. The number of rotatable bonds is 5. The van der Waals surface area contributed by atoms with Crippen LogP contribution in [0.25, 0.3) is 0 Å². The van der Waals surface area contributed by atoms with Crippen molar-refractivity contribution in [2.24, 2.45) is 0 Å². The van der Waals surface area contributed by atoms with Gasteiger partial charge in [0, 0.05) is 53.3 Å². The molecule has 0 saturated heterocycles. The number of nitrogens with zero attached hydrogens (tertiary/aromatic N) is 1. The van der Waals surface area contributed by atoms with Gasteiger partial charge in [-0.25, -0.2) is 4.79 Å². The molecule has 1 N–H and O–H groups in total. The van der Waals surface area contributed by atoms with E-state index >= 15 is 0 Å². The van der Waals surface area contributed by atoms with Gasteiger partial charge in [-0.2, -0.15) is 0 Å². The monoisotopic (exact) mass is 496 g/mol. The third kappa shape index (κ3) is 3.34. The van der Waals surface area contributed by atoms with E-state index in [4.69, 9.17) is 21.1 Å². The lowest BCUT2D eigenvalue weighted by Gasteiger charge is -2.37. The molecule has 0 aromatic heterocycles. The van der Waals surface area contributed by atoms with Crippen LogP contribution in [0, 0.1) is 0 Å². The van der Waals surface area contributed by atoms with Crippen LogP contribution in [-0.4, -0.2) is 19.1 Å². The third-order valence-corrected chi connectivity index (χ3v) is 7.28. The van der Waals surface area contributed by atoms with Crippen molar-refractivity contribution in [1.29, 1.82) is 0 Å². The molecule has 1 atom stereocenters. The molecule has 6 rings (SSSR count). The Bertz CT molecular complexity index is 1480. The highest BCUT2D eigenvalue weighted by Gasteiger charge is 2.53. The zero-order valence-electron chi connectivity index (χ0n) is 20.0. The number of carbonyl (C=O) groups excluding carboxylic acids is 1. The zero-order chi connectivity index (χ0) is 24.9. The van der Waals surface area contributed by atoms with Gasteiger partial charge in [-0.15, -0.1) is 0 Å². The Morgan fingerprint density at radius 2 is 1.56 bits per heavy atom. The number of carbonyl (C=O) groups is 1. The molecule has 1 unspecified atom stereocenters. The van der Waals surface area contributed by atoms with E-state index in [1.807, 2.05) is 72.8 Å². The van der Waals surface area contributed by atoms with Gasteiger partial charge < -0.3 is 19.7 Å². The molecule has 180 valence electrons. The lowest BCUT2D eigenvalue weighted by molar-refractivity contribution is 0.0224. The van der Waals surface area contributed by atoms with E-state index in [0.717, 1.165) is 41.2 Å². The fraction of sp³-hybridized carbons (Fsp3) is 0.167. The van der Waals surface area contributed by atoms with Crippen LogP contribution in [0.2, 0.25) is 5.02 Å². The molecule has 0 fully saturated rings. The van der Waals surface area contributed by atoms with Crippen molar-refractivity contribution in [3.8, 4) is 11.5 Å². The minimum Gasteiger partial charge on any atom is -0.456 e. The van der Waals surface area contributed by atoms with Gasteiger partial charge in [0.25, 0.3) is 0 Å². The van der Waals surface area contributed by atoms with Gasteiger partial charge in [-0.3, -0.25) is 0 Å². The molecule has 1 spiro atoms. The van der Waals surface area contributed by atoms with Gasteiger partial charge >= 0.3 is 5.97 Å². The number of nitrogens with one attached hydrogen (secondary N) is 1. The van der Waals surface area contributed by atoms with Gasteiger partial charge in [0.1, 0.15) is 11.5 Å². The SMILES string of the molecule is CCN(CC)c1ccc2c(c1)Oc1cc(Cl)c(Nc3ccccc3)cc1C21OC(=O)c2ccccc21. The number of hydrogen-bond donors (Lipinski definition) is 1. The number of para-hydroxylation sites is 1. The molecule has 0 amide bonds. The number of esters is 1. The average molecular weight is 497 g/mol. The van der Waals surface area contributed by atoms with Crippen molar-refractivity contribution in [3.05, 3.63) is 112 Å².